The molecule has 0 unspecified atom stereocenters. The predicted octanol–water partition coefficient (Wildman–Crippen LogP) is 6.10. The van der Waals surface area contributed by atoms with E-state index in [-0.39, 0.29) is 17.9 Å². The second-order valence-electron chi connectivity index (χ2n) is 11.1. The van der Waals surface area contributed by atoms with Crippen LogP contribution in [0, 0.1) is 0 Å². The normalized spacial score (nSPS) is 15.4. The summed E-state index contributed by atoms with van der Waals surface area (Å²) in [4.78, 5) is 31.2. The molecule has 41 heavy (non-hydrogen) atoms. The molecule has 0 saturated carbocycles. The number of likely N-dealkylation sites (N-methyl/N-ethyl adjacent to an activating group) is 1. The van der Waals surface area contributed by atoms with Crippen LogP contribution in [0.15, 0.2) is 66.7 Å². The van der Waals surface area contributed by atoms with Gasteiger partial charge in [0.05, 0.1) is 6.04 Å². The van der Waals surface area contributed by atoms with Gasteiger partial charge in [0.15, 0.2) is 0 Å². The van der Waals surface area contributed by atoms with Crippen molar-refractivity contribution < 1.29 is 9.59 Å². The number of hydrogen-bond donors (Lipinski definition) is 2. The summed E-state index contributed by atoms with van der Waals surface area (Å²) in [5, 5.41) is 9.18. The van der Waals surface area contributed by atoms with Gasteiger partial charge in [-0.25, -0.2) is 0 Å². The molecule has 2 atom stereocenters. The number of nitrogens with one attached hydrogen (secondary N) is 2. The Morgan fingerprint density at radius 1 is 0.927 bits per heavy atom. The van der Waals surface area contributed by atoms with Gasteiger partial charge in [-0.2, -0.15) is 0 Å². The van der Waals surface area contributed by atoms with Crippen LogP contribution < -0.4 is 10.6 Å². The molecule has 1 aliphatic heterocycles. The number of benzene rings is 3. The molecule has 4 rings (SSSR count). The first-order chi connectivity index (χ1) is 20.0. The van der Waals surface area contributed by atoms with Crippen LogP contribution in [0.2, 0.25) is 5.02 Å². The minimum absolute atomic E-state index is 0.122. The van der Waals surface area contributed by atoms with Crippen molar-refractivity contribution in [3.05, 3.63) is 82.9 Å². The first kappa shape index (κ1) is 31.0. The van der Waals surface area contributed by atoms with Crippen molar-refractivity contribution in [3.63, 3.8) is 0 Å². The van der Waals surface area contributed by atoms with E-state index in [0.717, 1.165) is 43.2 Å². The number of rotatable bonds is 14. The molecular weight excluding hydrogens is 532 g/mol. The molecule has 0 bridgehead atoms. The highest BCUT2D eigenvalue weighted by molar-refractivity contribution is 6.31. The third-order valence-corrected chi connectivity index (χ3v) is 8.48. The summed E-state index contributed by atoms with van der Waals surface area (Å²) < 4.78 is 0. The number of carbonyl (C=O) groups excluding carboxylic acids is 2. The molecule has 3 aromatic carbocycles. The second-order valence-corrected chi connectivity index (χ2v) is 11.5. The van der Waals surface area contributed by atoms with E-state index in [1.165, 1.54) is 24.8 Å². The Labute approximate surface area is 250 Å². The van der Waals surface area contributed by atoms with Crippen LogP contribution in [-0.4, -0.2) is 73.5 Å². The minimum atomic E-state index is -0.285. The average molecular weight is 577 g/mol. The number of hydrogen-bond acceptors (Lipinski definition) is 4. The molecule has 1 heterocycles. The fourth-order valence-electron chi connectivity index (χ4n) is 5.75. The van der Waals surface area contributed by atoms with Crippen molar-refractivity contribution in [1.82, 2.24) is 20.4 Å². The smallest absolute Gasteiger partial charge is 0.251 e. The van der Waals surface area contributed by atoms with Gasteiger partial charge in [-0.1, -0.05) is 67.4 Å². The van der Waals surface area contributed by atoms with E-state index < -0.39 is 0 Å². The van der Waals surface area contributed by atoms with Crippen LogP contribution in [0.25, 0.3) is 10.8 Å². The lowest BCUT2D eigenvalue weighted by atomic mass is 9.95. The van der Waals surface area contributed by atoms with Gasteiger partial charge in [-0.05, 0) is 86.3 Å². The van der Waals surface area contributed by atoms with E-state index in [0.29, 0.717) is 42.7 Å². The topological polar surface area (TPSA) is 64.7 Å². The van der Waals surface area contributed by atoms with Gasteiger partial charge in [-0.15, -0.1) is 0 Å². The van der Waals surface area contributed by atoms with Crippen molar-refractivity contribution in [2.75, 3.05) is 45.8 Å². The van der Waals surface area contributed by atoms with Crippen molar-refractivity contribution in [3.8, 4) is 0 Å². The van der Waals surface area contributed by atoms with Crippen molar-refractivity contribution in [1.29, 1.82) is 0 Å². The van der Waals surface area contributed by atoms with Crippen LogP contribution in [0.4, 0.5) is 0 Å². The summed E-state index contributed by atoms with van der Waals surface area (Å²) in [5.74, 6) is 0.335. The van der Waals surface area contributed by atoms with Crippen LogP contribution in [0.3, 0.4) is 0 Å². The highest BCUT2D eigenvalue weighted by atomic mass is 35.5. The number of nitrogens with zero attached hydrogens (tertiary/aromatic N) is 2. The van der Waals surface area contributed by atoms with Crippen molar-refractivity contribution in [2.24, 2.45) is 0 Å². The molecule has 7 heteroatoms. The molecule has 0 spiro atoms. The molecule has 3 aromatic rings. The largest absolute Gasteiger partial charge is 0.351 e. The molecule has 2 N–H and O–H groups in total. The summed E-state index contributed by atoms with van der Waals surface area (Å²) in [7, 11) is 0. The maximum absolute atomic E-state index is 13.9. The lowest BCUT2D eigenvalue weighted by Crippen LogP contribution is -2.50. The van der Waals surface area contributed by atoms with E-state index in [1.807, 2.05) is 47.4 Å². The highest BCUT2D eigenvalue weighted by Gasteiger charge is 2.26. The summed E-state index contributed by atoms with van der Waals surface area (Å²) in [6.07, 6.45) is 5.50. The fraction of sp³-hybridized carbons (Fsp3) is 0.471. The lowest BCUT2D eigenvalue weighted by molar-refractivity contribution is -0.133. The molecule has 6 nitrogen and oxygen atoms in total. The zero-order valence-corrected chi connectivity index (χ0v) is 25.3. The quantitative estimate of drug-likeness (QED) is 0.228. The van der Waals surface area contributed by atoms with E-state index in [2.05, 4.69) is 53.6 Å². The van der Waals surface area contributed by atoms with Crippen LogP contribution in [0.5, 0.6) is 0 Å². The number of likely N-dealkylation sites (tertiary alicyclic amines) is 1. The van der Waals surface area contributed by atoms with Gasteiger partial charge >= 0.3 is 0 Å². The molecule has 1 fully saturated rings. The van der Waals surface area contributed by atoms with Crippen molar-refractivity contribution in [2.45, 2.75) is 57.9 Å². The van der Waals surface area contributed by atoms with E-state index >= 15 is 0 Å². The Morgan fingerprint density at radius 2 is 1.66 bits per heavy atom. The maximum atomic E-state index is 13.9. The molecular formula is C34H45ClN4O2. The van der Waals surface area contributed by atoms with Crippen LogP contribution in [0.1, 0.15) is 67.8 Å². The number of amides is 2. The molecule has 1 saturated heterocycles. The van der Waals surface area contributed by atoms with Gasteiger partial charge in [0.25, 0.3) is 5.91 Å². The number of carbonyl (C=O) groups is 2. The van der Waals surface area contributed by atoms with Gasteiger partial charge in [0.2, 0.25) is 5.91 Å². The van der Waals surface area contributed by atoms with Gasteiger partial charge in [0, 0.05) is 49.2 Å². The molecule has 2 amide bonds. The van der Waals surface area contributed by atoms with Gasteiger partial charge in [-0.3, -0.25) is 9.59 Å². The van der Waals surface area contributed by atoms with Gasteiger partial charge in [0.1, 0.15) is 0 Å². The Morgan fingerprint density at radius 3 is 2.39 bits per heavy atom. The number of fused-ring (bicyclic) bond motifs is 1. The minimum Gasteiger partial charge on any atom is -0.351 e. The average Bonchev–Trinajstić information content (AvgIpc) is 3.01. The Bertz CT molecular complexity index is 1260. The molecule has 1 aliphatic rings. The summed E-state index contributed by atoms with van der Waals surface area (Å²) in [6.45, 7) is 9.73. The van der Waals surface area contributed by atoms with Crippen molar-refractivity contribution >= 4 is 34.2 Å². The third kappa shape index (κ3) is 9.03. The molecule has 0 radical (unpaired) electrons. The number of piperidine rings is 1. The second kappa shape index (κ2) is 15.9. The van der Waals surface area contributed by atoms with E-state index in [9.17, 15) is 9.59 Å². The highest BCUT2D eigenvalue weighted by Crippen LogP contribution is 2.22. The maximum Gasteiger partial charge on any atom is 0.251 e. The summed E-state index contributed by atoms with van der Waals surface area (Å²) in [5.41, 5.74) is 1.89. The molecule has 220 valence electrons. The zero-order valence-electron chi connectivity index (χ0n) is 24.6. The molecule has 0 aromatic heterocycles. The number of halogens is 1. The SMILES string of the molecule is CC[C@@H](CN(CC)C(=O)[C@@H](CCN1CCCCC1)NCCNC(=O)c1ccc2cc(Cl)ccc2c1)c1ccccc1. The third-order valence-electron chi connectivity index (χ3n) is 8.24. The zero-order chi connectivity index (χ0) is 29.0. The van der Waals surface area contributed by atoms with Gasteiger partial charge < -0.3 is 20.4 Å². The summed E-state index contributed by atoms with van der Waals surface area (Å²) in [6, 6.07) is 21.5. The lowest BCUT2D eigenvalue weighted by Gasteiger charge is -2.32. The molecule has 0 aliphatic carbocycles. The monoisotopic (exact) mass is 576 g/mol. The van der Waals surface area contributed by atoms with Crippen LogP contribution >= 0.6 is 11.6 Å². The van der Waals surface area contributed by atoms with E-state index in [1.54, 1.807) is 0 Å². The standard InChI is InChI=1S/C34H45ClN4O2/c1-3-26(27-11-7-5-8-12-27)25-39(4-2)34(41)32(17-22-38-20-9-6-10-21-38)36-18-19-37-33(40)30-14-13-29-24-31(35)16-15-28(29)23-30/h5,7-8,11-16,23-24,26,32,36H,3-4,6,9-10,17-22,25H2,1-2H3,(H,37,40)/t26-,32+/m0/s1. The predicted molar refractivity (Wildman–Crippen MR) is 170 cm³/mol. The summed E-state index contributed by atoms with van der Waals surface area (Å²) >= 11 is 6.09. The Balaban J connectivity index is 1.36. The first-order valence-corrected chi connectivity index (χ1v) is 15.6. The Kier molecular flexibility index (Phi) is 12.0. The van der Waals surface area contributed by atoms with E-state index in [4.69, 9.17) is 11.6 Å². The fourth-order valence-corrected chi connectivity index (χ4v) is 5.93. The Hall–Kier alpha value is -2.93. The van der Waals surface area contributed by atoms with Crippen LogP contribution in [-0.2, 0) is 4.79 Å². The first-order valence-electron chi connectivity index (χ1n) is 15.3.